The van der Waals surface area contributed by atoms with E-state index >= 15 is 0 Å². The van der Waals surface area contributed by atoms with Gasteiger partial charge in [-0.2, -0.15) is 0 Å². The van der Waals surface area contributed by atoms with Crippen molar-refractivity contribution in [3.05, 3.63) is 23.5 Å². The second kappa shape index (κ2) is 6.76. The Balaban J connectivity index is 2.14. The van der Waals surface area contributed by atoms with Crippen LogP contribution in [0, 0.1) is 11.7 Å². The zero-order valence-corrected chi connectivity index (χ0v) is 12.5. The molecule has 2 N–H and O–H groups in total. The fraction of sp³-hybridized carbons (Fsp3) is 0.533. The van der Waals surface area contributed by atoms with Gasteiger partial charge in [0.2, 0.25) is 5.91 Å². The summed E-state index contributed by atoms with van der Waals surface area (Å²) in [5.41, 5.74) is 0.381. The average molecular weight is 296 g/mol. The largest absolute Gasteiger partial charge is 0.493 e. The Hall–Kier alpha value is -1.82. The van der Waals surface area contributed by atoms with Crippen LogP contribution in [0.15, 0.2) is 12.1 Å². The average Bonchev–Trinajstić information content (AvgIpc) is 3.00. The highest BCUT2D eigenvalue weighted by atomic mass is 19.1. The summed E-state index contributed by atoms with van der Waals surface area (Å²) in [5.74, 6) is 0.247. The molecule has 2 atom stereocenters. The first kappa shape index (κ1) is 15.6. The summed E-state index contributed by atoms with van der Waals surface area (Å²) >= 11 is 0. The predicted molar refractivity (Wildman–Crippen MR) is 77.0 cm³/mol. The maximum atomic E-state index is 14.1. The predicted octanol–water partition coefficient (Wildman–Crippen LogP) is 1.63. The van der Waals surface area contributed by atoms with Crippen molar-refractivity contribution < 1.29 is 18.7 Å². The molecular weight excluding hydrogens is 275 g/mol. The minimum Gasteiger partial charge on any atom is -0.493 e. The fourth-order valence-corrected chi connectivity index (χ4v) is 2.49. The summed E-state index contributed by atoms with van der Waals surface area (Å²) in [4.78, 5) is 12.1. The molecule has 0 spiro atoms. The maximum Gasteiger partial charge on any atom is 0.224 e. The van der Waals surface area contributed by atoms with Gasteiger partial charge in [0.15, 0.2) is 11.5 Å². The van der Waals surface area contributed by atoms with Crippen molar-refractivity contribution in [3.63, 3.8) is 0 Å². The SMILES string of the molecule is COc1cc(F)c(C(C)NC(=O)C2CCNC2)cc1OC. The Morgan fingerprint density at radius 2 is 2.05 bits per heavy atom. The molecule has 1 aromatic rings. The smallest absolute Gasteiger partial charge is 0.224 e. The minimum atomic E-state index is -0.432. The van der Waals surface area contributed by atoms with Gasteiger partial charge in [-0.3, -0.25) is 4.79 Å². The molecule has 1 amide bonds. The van der Waals surface area contributed by atoms with Crippen LogP contribution in [0.25, 0.3) is 0 Å². The lowest BCUT2D eigenvalue weighted by Crippen LogP contribution is -2.34. The number of carbonyl (C=O) groups excluding carboxylic acids is 1. The molecule has 0 bridgehead atoms. The summed E-state index contributed by atoms with van der Waals surface area (Å²) in [5, 5.41) is 5.99. The normalized spacial score (nSPS) is 19.1. The molecule has 5 nitrogen and oxygen atoms in total. The van der Waals surface area contributed by atoms with Gasteiger partial charge in [-0.25, -0.2) is 4.39 Å². The van der Waals surface area contributed by atoms with Crippen LogP contribution in [0.1, 0.15) is 24.9 Å². The highest BCUT2D eigenvalue weighted by Gasteiger charge is 2.25. The molecule has 1 aliphatic heterocycles. The van der Waals surface area contributed by atoms with Gasteiger partial charge in [0.05, 0.1) is 26.2 Å². The third-order valence-corrected chi connectivity index (χ3v) is 3.76. The number of carbonyl (C=O) groups is 1. The molecule has 0 aromatic heterocycles. The minimum absolute atomic E-state index is 0.0457. The summed E-state index contributed by atoms with van der Waals surface area (Å²) < 4.78 is 24.4. The molecule has 2 unspecified atom stereocenters. The topological polar surface area (TPSA) is 59.6 Å². The first-order chi connectivity index (χ1) is 10.1. The van der Waals surface area contributed by atoms with E-state index in [-0.39, 0.29) is 11.8 Å². The van der Waals surface area contributed by atoms with E-state index < -0.39 is 11.9 Å². The van der Waals surface area contributed by atoms with Crippen LogP contribution in [0.2, 0.25) is 0 Å². The van der Waals surface area contributed by atoms with Gasteiger partial charge in [0.1, 0.15) is 5.82 Å². The number of methoxy groups -OCH3 is 2. The van der Waals surface area contributed by atoms with Crippen molar-refractivity contribution in [1.82, 2.24) is 10.6 Å². The molecule has 21 heavy (non-hydrogen) atoms. The second-order valence-corrected chi connectivity index (χ2v) is 5.15. The third-order valence-electron chi connectivity index (χ3n) is 3.76. The molecule has 1 fully saturated rings. The highest BCUT2D eigenvalue weighted by molar-refractivity contribution is 5.79. The molecule has 0 saturated carbocycles. The number of halogens is 1. The van der Waals surface area contributed by atoms with E-state index in [1.165, 1.54) is 20.3 Å². The molecule has 0 radical (unpaired) electrons. The Morgan fingerprint density at radius 3 is 2.62 bits per heavy atom. The van der Waals surface area contributed by atoms with Gasteiger partial charge in [-0.15, -0.1) is 0 Å². The zero-order chi connectivity index (χ0) is 15.4. The van der Waals surface area contributed by atoms with Crippen LogP contribution in [-0.4, -0.2) is 33.2 Å². The lowest BCUT2D eigenvalue weighted by Gasteiger charge is -2.19. The maximum absolute atomic E-state index is 14.1. The van der Waals surface area contributed by atoms with Crippen LogP contribution in [0.3, 0.4) is 0 Å². The van der Waals surface area contributed by atoms with Gasteiger partial charge in [-0.1, -0.05) is 0 Å². The zero-order valence-electron chi connectivity index (χ0n) is 12.5. The lowest BCUT2D eigenvalue weighted by molar-refractivity contribution is -0.125. The molecular formula is C15H21FN2O3. The summed E-state index contributed by atoms with van der Waals surface area (Å²) in [6, 6.07) is 2.40. The number of nitrogens with one attached hydrogen (secondary N) is 2. The highest BCUT2D eigenvalue weighted by Crippen LogP contribution is 2.32. The fourth-order valence-electron chi connectivity index (χ4n) is 2.49. The summed E-state index contributed by atoms with van der Waals surface area (Å²) in [6.45, 7) is 3.27. The first-order valence-corrected chi connectivity index (χ1v) is 6.99. The first-order valence-electron chi connectivity index (χ1n) is 6.99. The molecule has 1 aliphatic rings. The van der Waals surface area contributed by atoms with Crippen molar-refractivity contribution in [1.29, 1.82) is 0 Å². The van der Waals surface area contributed by atoms with Crippen molar-refractivity contribution in [3.8, 4) is 11.5 Å². The third kappa shape index (κ3) is 3.44. The molecule has 1 saturated heterocycles. The molecule has 6 heteroatoms. The molecule has 2 rings (SSSR count). The van der Waals surface area contributed by atoms with Crippen LogP contribution < -0.4 is 20.1 Å². The number of hydrogen-bond donors (Lipinski definition) is 2. The Bertz CT molecular complexity index is 516. The van der Waals surface area contributed by atoms with Gasteiger partial charge >= 0.3 is 0 Å². The van der Waals surface area contributed by atoms with Crippen molar-refractivity contribution >= 4 is 5.91 Å². The molecule has 1 heterocycles. The molecule has 116 valence electrons. The van der Waals surface area contributed by atoms with E-state index in [2.05, 4.69) is 10.6 Å². The number of ether oxygens (including phenoxy) is 2. The lowest BCUT2D eigenvalue weighted by atomic mass is 10.0. The van der Waals surface area contributed by atoms with E-state index in [4.69, 9.17) is 9.47 Å². The second-order valence-electron chi connectivity index (χ2n) is 5.15. The van der Waals surface area contributed by atoms with Crippen molar-refractivity contribution in [2.45, 2.75) is 19.4 Å². The van der Waals surface area contributed by atoms with Crippen LogP contribution >= 0.6 is 0 Å². The quantitative estimate of drug-likeness (QED) is 0.867. The Kier molecular flexibility index (Phi) is 5.01. The molecule has 0 aliphatic carbocycles. The number of hydrogen-bond acceptors (Lipinski definition) is 4. The number of benzene rings is 1. The van der Waals surface area contributed by atoms with E-state index in [9.17, 15) is 9.18 Å². The van der Waals surface area contributed by atoms with Gasteiger partial charge < -0.3 is 20.1 Å². The Morgan fingerprint density at radius 1 is 1.38 bits per heavy atom. The Labute approximate surface area is 123 Å². The van der Waals surface area contributed by atoms with E-state index in [0.717, 1.165) is 13.0 Å². The van der Waals surface area contributed by atoms with Gasteiger partial charge in [0.25, 0.3) is 0 Å². The summed E-state index contributed by atoms with van der Waals surface area (Å²) in [6.07, 6.45) is 0.812. The van der Waals surface area contributed by atoms with E-state index in [0.29, 0.717) is 23.6 Å². The van der Waals surface area contributed by atoms with Crippen LogP contribution in [-0.2, 0) is 4.79 Å². The summed E-state index contributed by atoms with van der Waals surface area (Å²) in [7, 11) is 2.95. The monoisotopic (exact) mass is 296 g/mol. The molecule has 1 aromatic carbocycles. The van der Waals surface area contributed by atoms with Crippen molar-refractivity contribution in [2.75, 3.05) is 27.3 Å². The van der Waals surface area contributed by atoms with Crippen LogP contribution in [0.5, 0.6) is 11.5 Å². The standard InChI is InChI=1S/C15H21FN2O3/c1-9(18-15(19)10-4-5-17-8-10)11-6-13(20-2)14(21-3)7-12(11)16/h6-7,9-10,17H,4-5,8H2,1-3H3,(H,18,19). The van der Waals surface area contributed by atoms with Gasteiger partial charge in [-0.05, 0) is 26.0 Å². The van der Waals surface area contributed by atoms with Gasteiger partial charge in [0, 0.05) is 18.2 Å². The van der Waals surface area contributed by atoms with E-state index in [1.54, 1.807) is 13.0 Å². The number of amides is 1. The number of rotatable bonds is 5. The van der Waals surface area contributed by atoms with Crippen LogP contribution in [0.4, 0.5) is 4.39 Å². The van der Waals surface area contributed by atoms with E-state index in [1.807, 2.05) is 0 Å². The van der Waals surface area contributed by atoms with Crippen molar-refractivity contribution in [2.24, 2.45) is 5.92 Å².